The van der Waals surface area contributed by atoms with Gasteiger partial charge in [0.1, 0.15) is 0 Å². The predicted molar refractivity (Wildman–Crippen MR) is 89.6 cm³/mol. The molecule has 1 aromatic carbocycles. The largest absolute Gasteiger partial charge is 0.394 e. The van der Waals surface area contributed by atoms with Crippen molar-refractivity contribution in [2.75, 3.05) is 31.1 Å². The lowest BCUT2D eigenvalue weighted by atomic mass is 10.1. The number of carbonyl (C=O) groups excluding carboxylic acids is 1. The minimum atomic E-state index is -0.228. The van der Waals surface area contributed by atoms with Crippen LogP contribution in [0.15, 0.2) is 18.2 Å². The third kappa shape index (κ3) is 4.52. The molecule has 0 bridgehead atoms. The number of nitrogens with zero attached hydrogens (tertiary/aromatic N) is 1. The standard InChI is InChI=1S/C16H24ClN3O2/c1-11-3-4-14(17)7-15(11)20-6-5-13(9-20)8-18-16(22)19-12(2)10-21/h3-4,7,12-13,21H,5-6,8-10H2,1-2H3,(H2,18,19,22). The van der Waals surface area contributed by atoms with Crippen LogP contribution in [0.3, 0.4) is 0 Å². The zero-order valence-corrected chi connectivity index (χ0v) is 13.9. The van der Waals surface area contributed by atoms with E-state index >= 15 is 0 Å². The summed E-state index contributed by atoms with van der Waals surface area (Å²) in [6.45, 7) is 6.32. The normalized spacial score (nSPS) is 19.1. The molecule has 0 spiro atoms. The van der Waals surface area contributed by atoms with Crippen LogP contribution >= 0.6 is 11.6 Å². The molecule has 2 unspecified atom stereocenters. The number of amides is 2. The number of urea groups is 1. The van der Waals surface area contributed by atoms with E-state index in [4.69, 9.17) is 16.7 Å². The van der Waals surface area contributed by atoms with Crippen molar-refractivity contribution < 1.29 is 9.90 Å². The third-order valence-corrected chi connectivity index (χ3v) is 4.24. The summed E-state index contributed by atoms with van der Waals surface area (Å²) in [7, 11) is 0. The van der Waals surface area contributed by atoms with Crippen molar-refractivity contribution in [3.63, 3.8) is 0 Å². The van der Waals surface area contributed by atoms with Gasteiger partial charge in [-0.1, -0.05) is 17.7 Å². The highest BCUT2D eigenvalue weighted by atomic mass is 35.5. The first kappa shape index (κ1) is 16.9. The lowest BCUT2D eigenvalue weighted by molar-refractivity contribution is 0.219. The van der Waals surface area contributed by atoms with Crippen molar-refractivity contribution in [2.45, 2.75) is 26.3 Å². The minimum Gasteiger partial charge on any atom is -0.394 e. The second-order valence-corrected chi connectivity index (χ2v) is 6.41. The van der Waals surface area contributed by atoms with E-state index in [1.165, 1.54) is 11.3 Å². The minimum absolute atomic E-state index is 0.0569. The van der Waals surface area contributed by atoms with Gasteiger partial charge in [0, 0.05) is 30.3 Å². The van der Waals surface area contributed by atoms with E-state index in [0.29, 0.717) is 12.5 Å². The summed E-state index contributed by atoms with van der Waals surface area (Å²) < 4.78 is 0. The van der Waals surface area contributed by atoms with E-state index in [0.717, 1.165) is 24.5 Å². The predicted octanol–water partition coefficient (Wildman–Crippen LogP) is 2.15. The van der Waals surface area contributed by atoms with Crippen molar-refractivity contribution in [3.05, 3.63) is 28.8 Å². The lowest BCUT2D eigenvalue weighted by Gasteiger charge is -2.21. The molecule has 1 fully saturated rings. The zero-order valence-electron chi connectivity index (χ0n) is 13.1. The first-order valence-electron chi connectivity index (χ1n) is 7.66. The molecule has 0 radical (unpaired) electrons. The molecule has 5 nitrogen and oxygen atoms in total. The maximum Gasteiger partial charge on any atom is 0.315 e. The maximum absolute atomic E-state index is 11.7. The van der Waals surface area contributed by atoms with E-state index in [-0.39, 0.29) is 18.7 Å². The Bertz CT molecular complexity index is 524. The van der Waals surface area contributed by atoms with Crippen LogP contribution in [-0.4, -0.2) is 43.4 Å². The quantitative estimate of drug-likeness (QED) is 0.777. The molecule has 1 aliphatic heterocycles. The molecular weight excluding hydrogens is 302 g/mol. The number of rotatable bonds is 5. The number of aryl methyl sites for hydroxylation is 1. The number of nitrogens with one attached hydrogen (secondary N) is 2. The Kier molecular flexibility index (Phi) is 5.91. The van der Waals surface area contributed by atoms with E-state index < -0.39 is 0 Å². The van der Waals surface area contributed by atoms with Crippen molar-refractivity contribution in [2.24, 2.45) is 5.92 Å². The zero-order chi connectivity index (χ0) is 16.1. The van der Waals surface area contributed by atoms with E-state index in [1.54, 1.807) is 6.92 Å². The Labute approximate surface area is 136 Å². The molecule has 0 aromatic heterocycles. The van der Waals surface area contributed by atoms with Gasteiger partial charge in [-0.25, -0.2) is 4.79 Å². The summed E-state index contributed by atoms with van der Waals surface area (Å²) in [4.78, 5) is 14.0. The van der Waals surface area contributed by atoms with Crippen LogP contribution in [0.25, 0.3) is 0 Å². The number of anilines is 1. The van der Waals surface area contributed by atoms with Crippen LogP contribution in [0.1, 0.15) is 18.9 Å². The molecule has 1 heterocycles. The molecule has 1 saturated heterocycles. The fraction of sp³-hybridized carbons (Fsp3) is 0.562. The topological polar surface area (TPSA) is 64.6 Å². The van der Waals surface area contributed by atoms with E-state index in [2.05, 4.69) is 22.5 Å². The highest BCUT2D eigenvalue weighted by molar-refractivity contribution is 6.30. The first-order chi connectivity index (χ1) is 10.5. The molecule has 3 N–H and O–H groups in total. The van der Waals surface area contributed by atoms with Crippen molar-refractivity contribution in [1.82, 2.24) is 10.6 Å². The Balaban J connectivity index is 1.83. The Hall–Kier alpha value is -1.46. The molecule has 1 aliphatic rings. The summed E-state index contributed by atoms with van der Waals surface area (Å²) in [6.07, 6.45) is 1.04. The summed E-state index contributed by atoms with van der Waals surface area (Å²) in [5.74, 6) is 0.425. The average Bonchev–Trinajstić information content (AvgIpc) is 2.96. The second kappa shape index (κ2) is 7.70. The van der Waals surface area contributed by atoms with Crippen LogP contribution < -0.4 is 15.5 Å². The van der Waals surface area contributed by atoms with Crippen LogP contribution in [0.5, 0.6) is 0 Å². The molecule has 22 heavy (non-hydrogen) atoms. The molecule has 1 aromatic rings. The van der Waals surface area contributed by atoms with Crippen LogP contribution in [0.4, 0.5) is 10.5 Å². The summed E-state index contributed by atoms with van der Waals surface area (Å²) >= 11 is 6.08. The fourth-order valence-electron chi connectivity index (χ4n) is 2.70. The molecule has 6 heteroatoms. The number of aliphatic hydroxyl groups excluding tert-OH is 1. The Morgan fingerprint density at radius 3 is 3.05 bits per heavy atom. The number of halogens is 1. The average molecular weight is 326 g/mol. The highest BCUT2D eigenvalue weighted by Gasteiger charge is 2.24. The van der Waals surface area contributed by atoms with Gasteiger partial charge in [-0.15, -0.1) is 0 Å². The van der Waals surface area contributed by atoms with Gasteiger partial charge in [-0.3, -0.25) is 0 Å². The molecule has 0 saturated carbocycles. The van der Waals surface area contributed by atoms with Gasteiger partial charge in [-0.2, -0.15) is 0 Å². The van der Waals surface area contributed by atoms with Crippen molar-refractivity contribution in [3.8, 4) is 0 Å². The summed E-state index contributed by atoms with van der Waals surface area (Å²) in [5.41, 5.74) is 2.39. The summed E-state index contributed by atoms with van der Waals surface area (Å²) in [6, 6.07) is 5.49. The van der Waals surface area contributed by atoms with Crippen molar-refractivity contribution in [1.29, 1.82) is 0 Å². The van der Waals surface area contributed by atoms with Gasteiger partial charge in [0.25, 0.3) is 0 Å². The molecule has 2 rings (SSSR count). The van der Waals surface area contributed by atoms with Gasteiger partial charge in [0.2, 0.25) is 0 Å². The number of hydrogen-bond donors (Lipinski definition) is 3. The highest BCUT2D eigenvalue weighted by Crippen LogP contribution is 2.29. The van der Waals surface area contributed by atoms with Crippen molar-refractivity contribution >= 4 is 23.3 Å². The smallest absolute Gasteiger partial charge is 0.315 e. The van der Waals surface area contributed by atoms with Gasteiger partial charge in [0.15, 0.2) is 0 Å². The van der Waals surface area contributed by atoms with Gasteiger partial charge in [0.05, 0.1) is 12.6 Å². The van der Waals surface area contributed by atoms with Crippen LogP contribution in [0.2, 0.25) is 5.02 Å². The SMILES string of the molecule is Cc1ccc(Cl)cc1N1CCC(CNC(=O)NC(C)CO)C1. The number of hydrogen-bond acceptors (Lipinski definition) is 3. The number of carbonyl (C=O) groups is 1. The molecule has 122 valence electrons. The maximum atomic E-state index is 11.7. The van der Waals surface area contributed by atoms with Gasteiger partial charge < -0.3 is 20.6 Å². The third-order valence-electron chi connectivity index (χ3n) is 4.00. The Morgan fingerprint density at radius 2 is 2.32 bits per heavy atom. The fourth-order valence-corrected chi connectivity index (χ4v) is 2.87. The molecular formula is C16H24ClN3O2. The van der Waals surface area contributed by atoms with Gasteiger partial charge in [-0.05, 0) is 43.9 Å². The number of benzene rings is 1. The number of aliphatic hydroxyl groups is 1. The van der Waals surface area contributed by atoms with Gasteiger partial charge >= 0.3 is 6.03 Å². The van der Waals surface area contributed by atoms with E-state index in [1.807, 2.05) is 18.2 Å². The second-order valence-electron chi connectivity index (χ2n) is 5.97. The van der Waals surface area contributed by atoms with Crippen LogP contribution in [0, 0.1) is 12.8 Å². The summed E-state index contributed by atoms with van der Waals surface area (Å²) in [5, 5.41) is 15.2. The molecule has 0 aliphatic carbocycles. The first-order valence-corrected chi connectivity index (χ1v) is 8.03. The van der Waals surface area contributed by atoms with E-state index in [9.17, 15) is 4.79 Å². The van der Waals surface area contributed by atoms with Crippen LogP contribution in [-0.2, 0) is 0 Å². The Morgan fingerprint density at radius 1 is 1.55 bits per heavy atom. The lowest BCUT2D eigenvalue weighted by Crippen LogP contribution is -2.44. The molecule has 2 amide bonds. The monoisotopic (exact) mass is 325 g/mol. The molecule has 2 atom stereocenters.